The second-order valence-corrected chi connectivity index (χ2v) is 9.57. The van der Waals surface area contributed by atoms with Crippen molar-refractivity contribution in [3.8, 4) is 0 Å². The van der Waals surface area contributed by atoms with Gasteiger partial charge in [-0.15, -0.1) is 0 Å². The van der Waals surface area contributed by atoms with Gasteiger partial charge in [0.2, 0.25) is 21.8 Å². The predicted octanol–water partition coefficient (Wildman–Crippen LogP) is 1.33. The number of benzene rings is 1. The first-order chi connectivity index (χ1) is 14.4. The summed E-state index contributed by atoms with van der Waals surface area (Å²) in [6, 6.07) is 8.33. The molecule has 8 nitrogen and oxygen atoms in total. The van der Waals surface area contributed by atoms with Crippen molar-refractivity contribution in [3.63, 3.8) is 0 Å². The first-order valence-electron chi connectivity index (χ1n) is 10.6. The van der Waals surface area contributed by atoms with E-state index in [2.05, 4.69) is 0 Å². The van der Waals surface area contributed by atoms with Crippen LogP contribution in [0.3, 0.4) is 0 Å². The highest BCUT2D eigenvalue weighted by atomic mass is 32.2. The van der Waals surface area contributed by atoms with E-state index in [0.29, 0.717) is 32.8 Å². The van der Waals surface area contributed by atoms with E-state index in [9.17, 15) is 18.0 Å². The Hall–Kier alpha value is -1.97. The Labute approximate surface area is 178 Å². The van der Waals surface area contributed by atoms with E-state index in [1.165, 1.54) is 4.31 Å². The van der Waals surface area contributed by atoms with Crippen molar-refractivity contribution in [2.45, 2.75) is 43.6 Å². The Morgan fingerprint density at radius 3 is 1.97 bits per heavy atom. The molecule has 0 spiro atoms. The van der Waals surface area contributed by atoms with Crippen LogP contribution < -0.4 is 0 Å². The highest BCUT2D eigenvalue weighted by Crippen LogP contribution is 2.18. The summed E-state index contributed by atoms with van der Waals surface area (Å²) in [5.74, 6) is -0.0899. The van der Waals surface area contributed by atoms with Gasteiger partial charge in [0.15, 0.2) is 0 Å². The number of ether oxygens (including phenoxy) is 1. The van der Waals surface area contributed by atoms with Crippen LogP contribution in [-0.2, 0) is 24.3 Å². The number of nitrogens with zero attached hydrogens (tertiary/aromatic N) is 3. The molecule has 0 radical (unpaired) electrons. The second-order valence-electron chi connectivity index (χ2n) is 7.63. The van der Waals surface area contributed by atoms with Crippen LogP contribution >= 0.6 is 0 Å². The molecule has 0 unspecified atom stereocenters. The molecule has 2 fully saturated rings. The Bertz CT molecular complexity index is 814. The summed E-state index contributed by atoms with van der Waals surface area (Å²) in [4.78, 5) is 28.7. The van der Waals surface area contributed by atoms with E-state index in [4.69, 9.17) is 4.74 Å². The molecule has 2 amide bonds. The standard InChI is InChI=1S/C21H31N3O5S/c1-2-29-18-10-12-22(13-11-18)20(25)8-9-21(26)23-14-16-24(17-15-23)30(27,28)19-6-4-3-5-7-19/h3-7,18H,2,8-17H2,1H3. The van der Waals surface area contributed by atoms with Crippen LogP contribution in [0.2, 0.25) is 0 Å². The molecule has 2 aliphatic rings. The quantitative estimate of drug-likeness (QED) is 0.642. The lowest BCUT2D eigenvalue weighted by molar-refractivity contribution is -0.139. The number of rotatable bonds is 7. The summed E-state index contributed by atoms with van der Waals surface area (Å²) >= 11 is 0. The van der Waals surface area contributed by atoms with Crippen molar-refractivity contribution in [2.24, 2.45) is 0 Å². The molecule has 1 aromatic carbocycles. The van der Waals surface area contributed by atoms with Crippen LogP contribution in [-0.4, -0.2) is 86.3 Å². The first kappa shape index (κ1) is 22.7. The normalized spacial score (nSPS) is 19.1. The van der Waals surface area contributed by atoms with Crippen LogP contribution in [0, 0.1) is 0 Å². The van der Waals surface area contributed by atoms with Crippen molar-refractivity contribution in [3.05, 3.63) is 30.3 Å². The van der Waals surface area contributed by atoms with Gasteiger partial charge in [0, 0.05) is 58.7 Å². The molecule has 166 valence electrons. The van der Waals surface area contributed by atoms with Crippen molar-refractivity contribution < 1.29 is 22.7 Å². The lowest BCUT2D eigenvalue weighted by Crippen LogP contribution is -2.50. The van der Waals surface area contributed by atoms with Gasteiger partial charge in [-0.25, -0.2) is 8.42 Å². The molecule has 2 aliphatic heterocycles. The largest absolute Gasteiger partial charge is 0.378 e. The van der Waals surface area contributed by atoms with Crippen molar-refractivity contribution in [2.75, 3.05) is 45.9 Å². The number of piperazine rings is 1. The topological polar surface area (TPSA) is 87.2 Å². The van der Waals surface area contributed by atoms with Gasteiger partial charge in [0.05, 0.1) is 11.0 Å². The number of hydrogen-bond donors (Lipinski definition) is 0. The summed E-state index contributed by atoms with van der Waals surface area (Å²) in [5, 5.41) is 0. The van der Waals surface area contributed by atoms with E-state index in [0.717, 1.165) is 12.8 Å². The smallest absolute Gasteiger partial charge is 0.243 e. The molecule has 30 heavy (non-hydrogen) atoms. The van der Waals surface area contributed by atoms with Gasteiger partial charge < -0.3 is 14.5 Å². The molecule has 0 N–H and O–H groups in total. The van der Waals surface area contributed by atoms with E-state index >= 15 is 0 Å². The zero-order valence-corrected chi connectivity index (χ0v) is 18.3. The summed E-state index contributed by atoms with van der Waals surface area (Å²) in [6.07, 6.45) is 2.26. The molecule has 0 atom stereocenters. The van der Waals surface area contributed by atoms with Gasteiger partial charge in [0.25, 0.3) is 0 Å². The van der Waals surface area contributed by atoms with Crippen LogP contribution in [0.25, 0.3) is 0 Å². The van der Waals surface area contributed by atoms with Crippen molar-refractivity contribution in [1.82, 2.24) is 14.1 Å². The Balaban J connectivity index is 1.42. The molecule has 0 saturated carbocycles. The number of likely N-dealkylation sites (tertiary alicyclic amines) is 1. The van der Waals surface area contributed by atoms with Gasteiger partial charge in [-0.2, -0.15) is 4.31 Å². The summed E-state index contributed by atoms with van der Waals surface area (Å²) in [6.45, 7) is 5.23. The number of hydrogen-bond acceptors (Lipinski definition) is 5. The van der Waals surface area contributed by atoms with Crippen molar-refractivity contribution in [1.29, 1.82) is 0 Å². The molecule has 9 heteroatoms. The first-order valence-corrected chi connectivity index (χ1v) is 12.1. The lowest BCUT2D eigenvalue weighted by atomic mass is 10.1. The summed E-state index contributed by atoms with van der Waals surface area (Å²) in [7, 11) is -3.54. The second kappa shape index (κ2) is 10.4. The fourth-order valence-electron chi connectivity index (χ4n) is 3.96. The number of piperidine rings is 1. The summed E-state index contributed by atoms with van der Waals surface area (Å²) in [5.41, 5.74) is 0. The molecular weight excluding hydrogens is 406 g/mol. The molecule has 2 saturated heterocycles. The molecule has 3 rings (SSSR count). The van der Waals surface area contributed by atoms with Gasteiger partial charge in [-0.05, 0) is 31.9 Å². The fourth-order valence-corrected chi connectivity index (χ4v) is 5.40. The fraction of sp³-hybridized carbons (Fsp3) is 0.619. The van der Waals surface area contributed by atoms with E-state index < -0.39 is 10.0 Å². The summed E-state index contributed by atoms with van der Waals surface area (Å²) < 4.78 is 32.4. The SMILES string of the molecule is CCOC1CCN(C(=O)CCC(=O)N2CCN(S(=O)(=O)c3ccccc3)CC2)CC1. The average molecular weight is 438 g/mol. The van der Waals surface area contributed by atoms with Crippen LogP contribution in [0.15, 0.2) is 35.2 Å². The highest BCUT2D eigenvalue weighted by Gasteiger charge is 2.30. The number of carbonyl (C=O) groups is 2. The maximum atomic E-state index is 12.7. The Morgan fingerprint density at radius 1 is 0.900 bits per heavy atom. The van der Waals surface area contributed by atoms with E-state index in [1.54, 1.807) is 35.2 Å². The van der Waals surface area contributed by atoms with Gasteiger partial charge in [-0.1, -0.05) is 18.2 Å². The molecule has 1 aromatic rings. The Kier molecular flexibility index (Phi) is 7.85. The molecule has 0 aliphatic carbocycles. The maximum Gasteiger partial charge on any atom is 0.243 e. The van der Waals surface area contributed by atoms with E-state index in [1.807, 2.05) is 11.8 Å². The molecule has 0 aromatic heterocycles. The average Bonchev–Trinajstić information content (AvgIpc) is 2.78. The minimum Gasteiger partial charge on any atom is -0.378 e. The predicted molar refractivity (Wildman–Crippen MR) is 112 cm³/mol. The molecule has 2 heterocycles. The molecule has 0 bridgehead atoms. The van der Waals surface area contributed by atoms with Crippen molar-refractivity contribution >= 4 is 21.8 Å². The van der Waals surface area contributed by atoms with E-state index in [-0.39, 0.29) is 48.7 Å². The molecular formula is C21H31N3O5S. The van der Waals surface area contributed by atoms with Gasteiger partial charge in [0.1, 0.15) is 0 Å². The number of amides is 2. The maximum absolute atomic E-state index is 12.7. The third kappa shape index (κ3) is 5.59. The third-order valence-corrected chi connectivity index (χ3v) is 7.63. The van der Waals surface area contributed by atoms with Crippen LogP contribution in [0.4, 0.5) is 0 Å². The Morgan fingerprint density at radius 2 is 1.43 bits per heavy atom. The monoisotopic (exact) mass is 437 g/mol. The van der Waals surface area contributed by atoms with Crippen LogP contribution in [0.1, 0.15) is 32.6 Å². The number of sulfonamides is 1. The van der Waals surface area contributed by atoms with Crippen LogP contribution in [0.5, 0.6) is 0 Å². The van der Waals surface area contributed by atoms with Gasteiger partial charge >= 0.3 is 0 Å². The number of carbonyl (C=O) groups excluding carboxylic acids is 2. The zero-order valence-electron chi connectivity index (χ0n) is 17.5. The highest BCUT2D eigenvalue weighted by molar-refractivity contribution is 7.89. The zero-order chi connectivity index (χ0) is 21.6. The lowest BCUT2D eigenvalue weighted by Gasteiger charge is -2.34. The minimum absolute atomic E-state index is 0.00332. The minimum atomic E-state index is -3.54. The van der Waals surface area contributed by atoms with Gasteiger partial charge in [-0.3, -0.25) is 9.59 Å². The third-order valence-electron chi connectivity index (χ3n) is 5.72.